The highest BCUT2D eigenvalue weighted by atomic mass is 19.1. The monoisotopic (exact) mass is 256 g/mol. The fourth-order valence-electron chi connectivity index (χ4n) is 1.69. The molecule has 2 atom stereocenters. The molecular weight excluding hydrogens is 238 g/mol. The van der Waals surface area contributed by atoms with E-state index in [2.05, 4.69) is 5.32 Å². The number of nitrogens with one attached hydrogen (secondary N) is 1. The van der Waals surface area contributed by atoms with Gasteiger partial charge in [0.2, 0.25) is 5.91 Å². The van der Waals surface area contributed by atoms with Crippen LogP contribution in [0.1, 0.15) is 38.3 Å². The quantitative estimate of drug-likeness (QED) is 0.849. The Kier molecular flexibility index (Phi) is 5.22. The molecular formula is C13H18F2N2O. The lowest BCUT2D eigenvalue weighted by atomic mass is 10.1. The van der Waals surface area contributed by atoms with Gasteiger partial charge in [-0.05, 0) is 19.4 Å². The first-order valence-corrected chi connectivity index (χ1v) is 5.96. The van der Waals surface area contributed by atoms with Gasteiger partial charge in [0, 0.05) is 11.6 Å². The molecule has 100 valence electrons. The van der Waals surface area contributed by atoms with Crippen LogP contribution in [0, 0.1) is 11.6 Å². The molecule has 0 heterocycles. The molecule has 1 aromatic rings. The molecule has 2 unspecified atom stereocenters. The number of hydrogen-bond donors (Lipinski definition) is 2. The van der Waals surface area contributed by atoms with Crippen molar-refractivity contribution in [1.29, 1.82) is 0 Å². The van der Waals surface area contributed by atoms with E-state index < -0.39 is 23.7 Å². The molecule has 0 saturated carbocycles. The van der Waals surface area contributed by atoms with Gasteiger partial charge < -0.3 is 11.1 Å². The van der Waals surface area contributed by atoms with E-state index in [0.29, 0.717) is 6.42 Å². The Morgan fingerprint density at radius 1 is 1.44 bits per heavy atom. The number of benzene rings is 1. The van der Waals surface area contributed by atoms with Crippen LogP contribution in [0.4, 0.5) is 8.78 Å². The first kappa shape index (κ1) is 14.6. The second-order valence-electron chi connectivity index (χ2n) is 4.29. The minimum atomic E-state index is -0.674. The van der Waals surface area contributed by atoms with E-state index in [1.54, 1.807) is 6.92 Å². The number of hydrogen-bond acceptors (Lipinski definition) is 2. The number of amides is 1. The van der Waals surface area contributed by atoms with Crippen molar-refractivity contribution in [3.63, 3.8) is 0 Å². The van der Waals surface area contributed by atoms with Crippen molar-refractivity contribution in [2.24, 2.45) is 5.73 Å². The van der Waals surface area contributed by atoms with Crippen LogP contribution in [-0.4, -0.2) is 11.9 Å². The molecule has 0 aliphatic carbocycles. The van der Waals surface area contributed by atoms with E-state index in [1.165, 1.54) is 6.07 Å². The van der Waals surface area contributed by atoms with Gasteiger partial charge in [0.25, 0.3) is 0 Å². The van der Waals surface area contributed by atoms with E-state index in [9.17, 15) is 13.6 Å². The highest BCUT2D eigenvalue weighted by Crippen LogP contribution is 2.17. The lowest BCUT2D eigenvalue weighted by Crippen LogP contribution is -2.41. The van der Waals surface area contributed by atoms with Gasteiger partial charge in [-0.1, -0.05) is 19.4 Å². The standard InChI is InChI=1S/C13H18F2N2O/c1-3-4-12(16)13(18)17-8(2)10-6-5-9(14)7-11(10)15/h5-8,12H,3-4,16H2,1-2H3,(H,17,18). The largest absolute Gasteiger partial charge is 0.348 e. The maximum absolute atomic E-state index is 13.5. The van der Waals surface area contributed by atoms with Crippen LogP contribution in [0.3, 0.4) is 0 Å². The van der Waals surface area contributed by atoms with Crippen molar-refractivity contribution in [2.45, 2.75) is 38.8 Å². The van der Waals surface area contributed by atoms with E-state index in [-0.39, 0.29) is 11.5 Å². The Hall–Kier alpha value is -1.49. The van der Waals surface area contributed by atoms with Crippen LogP contribution in [0.2, 0.25) is 0 Å². The van der Waals surface area contributed by atoms with Crippen molar-refractivity contribution >= 4 is 5.91 Å². The summed E-state index contributed by atoms with van der Waals surface area (Å²) >= 11 is 0. The van der Waals surface area contributed by atoms with Gasteiger partial charge in [-0.2, -0.15) is 0 Å². The van der Waals surface area contributed by atoms with Crippen LogP contribution in [0.25, 0.3) is 0 Å². The summed E-state index contributed by atoms with van der Waals surface area (Å²) in [7, 11) is 0. The molecule has 1 aromatic carbocycles. The van der Waals surface area contributed by atoms with Gasteiger partial charge in [-0.3, -0.25) is 4.79 Å². The fraction of sp³-hybridized carbons (Fsp3) is 0.462. The number of halogens is 2. The molecule has 0 aromatic heterocycles. The average Bonchev–Trinajstić information content (AvgIpc) is 2.28. The minimum Gasteiger partial charge on any atom is -0.348 e. The molecule has 0 saturated heterocycles. The highest BCUT2D eigenvalue weighted by molar-refractivity contribution is 5.81. The molecule has 3 nitrogen and oxygen atoms in total. The fourth-order valence-corrected chi connectivity index (χ4v) is 1.69. The van der Waals surface area contributed by atoms with Crippen molar-refractivity contribution in [3.8, 4) is 0 Å². The summed E-state index contributed by atoms with van der Waals surface area (Å²) in [5.41, 5.74) is 5.89. The van der Waals surface area contributed by atoms with E-state index in [0.717, 1.165) is 18.6 Å². The van der Waals surface area contributed by atoms with Crippen molar-refractivity contribution in [2.75, 3.05) is 0 Å². The maximum atomic E-state index is 13.5. The Labute approximate surface area is 105 Å². The van der Waals surface area contributed by atoms with Gasteiger partial charge in [0.15, 0.2) is 0 Å². The Bertz CT molecular complexity index is 423. The lowest BCUT2D eigenvalue weighted by molar-refractivity contribution is -0.123. The second-order valence-corrected chi connectivity index (χ2v) is 4.29. The van der Waals surface area contributed by atoms with Crippen molar-refractivity contribution in [3.05, 3.63) is 35.4 Å². The molecule has 18 heavy (non-hydrogen) atoms. The first-order valence-electron chi connectivity index (χ1n) is 5.96. The topological polar surface area (TPSA) is 55.1 Å². The summed E-state index contributed by atoms with van der Waals surface area (Å²) in [4.78, 5) is 11.7. The van der Waals surface area contributed by atoms with Crippen molar-refractivity contribution in [1.82, 2.24) is 5.32 Å². The molecule has 1 rings (SSSR count). The van der Waals surface area contributed by atoms with Crippen LogP contribution in [0.15, 0.2) is 18.2 Å². The van der Waals surface area contributed by atoms with Crippen LogP contribution in [-0.2, 0) is 4.79 Å². The molecule has 0 radical (unpaired) electrons. The number of rotatable bonds is 5. The Morgan fingerprint density at radius 2 is 2.11 bits per heavy atom. The van der Waals surface area contributed by atoms with Gasteiger partial charge in [0.1, 0.15) is 11.6 Å². The van der Waals surface area contributed by atoms with E-state index in [1.807, 2.05) is 6.92 Å². The molecule has 0 aliphatic heterocycles. The predicted octanol–water partition coefficient (Wildman–Crippen LogP) is 2.27. The molecule has 1 amide bonds. The zero-order chi connectivity index (χ0) is 13.7. The number of carbonyl (C=O) groups excluding carboxylic acids is 1. The molecule has 0 spiro atoms. The molecule has 0 aliphatic rings. The number of carbonyl (C=O) groups is 1. The summed E-state index contributed by atoms with van der Waals surface area (Å²) in [5, 5.41) is 2.61. The third-order valence-electron chi connectivity index (χ3n) is 2.72. The second kappa shape index (κ2) is 6.44. The van der Waals surface area contributed by atoms with E-state index in [4.69, 9.17) is 5.73 Å². The van der Waals surface area contributed by atoms with Gasteiger partial charge in [-0.25, -0.2) is 8.78 Å². The average molecular weight is 256 g/mol. The SMILES string of the molecule is CCCC(N)C(=O)NC(C)c1ccc(F)cc1F. The van der Waals surface area contributed by atoms with Crippen molar-refractivity contribution < 1.29 is 13.6 Å². The number of nitrogens with two attached hydrogens (primary N) is 1. The molecule has 0 bridgehead atoms. The molecule has 0 fully saturated rings. The zero-order valence-electron chi connectivity index (χ0n) is 10.5. The summed E-state index contributed by atoms with van der Waals surface area (Å²) in [6, 6.07) is 2.14. The van der Waals surface area contributed by atoms with Gasteiger partial charge in [0.05, 0.1) is 12.1 Å². The summed E-state index contributed by atoms with van der Waals surface area (Å²) in [6.45, 7) is 3.56. The highest BCUT2D eigenvalue weighted by Gasteiger charge is 2.18. The minimum absolute atomic E-state index is 0.244. The smallest absolute Gasteiger partial charge is 0.237 e. The summed E-state index contributed by atoms with van der Waals surface area (Å²) < 4.78 is 26.2. The predicted molar refractivity (Wildman–Crippen MR) is 65.8 cm³/mol. The first-order chi connectivity index (χ1) is 8.45. The van der Waals surface area contributed by atoms with Crippen LogP contribution in [0.5, 0.6) is 0 Å². The molecule has 5 heteroatoms. The van der Waals surface area contributed by atoms with Gasteiger partial charge in [-0.15, -0.1) is 0 Å². The Morgan fingerprint density at radius 3 is 2.67 bits per heavy atom. The summed E-state index contributed by atoms with van der Waals surface area (Å²) in [5.74, 6) is -1.64. The van der Waals surface area contributed by atoms with E-state index >= 15 is 0 Å². The Balaban J connectivity index is 2.70. The molecule has 3 N–H and O–H groups in total. The zero-order valence-corrected chi connectivity index (χ0v) is 10.5. The normalized spacial score (nSPS) is 14.1. The van der Waals surface area contributed by atoms with Crippen LogP contribution >= 0.6 is 0 Å². The van der Waals surface area contributed by atoms with Crippen LogP contribution < -0.4 is 11.1 Å². The summed E-state index contributed by atoms with van der Waals surface area (Å²) in [6.07, 6.45) is 1.37. The third kappa shape index (κ3) is 3.77. The third-order valence-corrected chi connectivity index (χ3v) is 2.72. The van der Waals surface area contributed by atoms with Gasteiger partial charge >= 0.3 is 0 Å². The maximum Gasteiger partial charge on any atom is 0.237 e. The lowest BCUT2D eigenvalue weighted by Gasteiger charge is -2.18.